The predicted molar refractivity (Wildman–Crippen MR) is 98.5 cm³/mol. The number of pyridine rings is 1. The molecule has 0 aliphatic carbocycles. The molecule has 1 saturated heterocycles. The predicted octanol–water partition coefficient (Wildman–Crippen LogP) is 3.53. The highest BCUT2D eigenvalue weighted by Crippen LogP contribution is 2.42. The number of aromatic nitrogens is 2. The molecule has 2 aliphatic rings. The summed E-state index contributed by atoms with van der Waals surface area (Å²) in [6, 6.07) is 10.9. The lowest BCUT2D eigenvalue weighted by Gasteiger charge is -2.29. The number of aromatic amines is 1. The van der Waals surface area contributed by atoms with E-state index in [1.807, 2.05) is 12.1 Å². The zero-order chi connectivity index (χ0) is 16.8. The lowest BCUT2D eigenvalue weighted by molar-refractivity contribution is 0.178. The van der Waals surface area contributed by atoms with Gasteiger partial charge in [0.15, 0.2) is 0 Å². The van der Waals surface area contributed by atoms with Crippen LogP contribution in [-0.4, -0.2) is 33.1 Å². The van der Waals surface area contributed by atoms with E-state index < -0.39 is 6.10 Å². The fourth-order valence-electron chi connectivity index (χ4n) is 4.69. The molecule has 0 saturated carbocycles. The van der Waals surface area contributed by atoms with Crippen LogP contribution >= 0.6 is 0 Å². The molecule has 4 nitrogen and oxygen atoms in total. The van der Waals surface area contributed by atoms with Gasteiger partial charge in [0.05, 0.1) is 6.10 Å². The Morgan fingerprint density at radius 2 is 2.08 bits per heavy atom. The van der Waals surface area contributed by atoms with Gasteiger partial charge in [-0.2, -0.15) is 0 Å². The summed E-state index contributed by atoms with van der Waals surface area (Å²) in [4.78, 5) is 10.4. The first-order valence-electron chi connectivity index (χ1n) is 9.25. The molecule has 0 amide bonds. The van der Waals surface area contributed by atoms with Crippen LogP contribution in [-0.2, 0) is 12.8 Å². The number of rotatable bonds is 3. The summed E-state index contributed by atoms with van der Waals surface area (Å²) in [6.07, 6.45) is 7.27. The molecule has 2 unspecified atom stereocenters. The summed E-state index contributed by atoms with van der Waals surface area (Å²) in [7, 11) is 0. The van der Waals surface area contributed by atoms with Crippen LogP contribution in [0.4, 0.5) is 0 Å². The van der Waals surface area contributed by atoms with Gasteiger partial charge in [0.2, 0.25) is 0 Å². The molecule has 1 aromatic carbocycles. The van der Waals surface area contributed by atoms with Crippen LogP contribution in [0.2, 0.25) is 0 Å². The van der Waals surface area contributed by atoms with Crippen LogP contribution in [0.3, 0.4) is 0 Å². The van der Waals surface area contributed by atoms with Crippen LogP contribution in [0, 0.1) is 0 Å². The number of hydrogen-bond acceptors (Lipinski definition) is 3. The normalized spacial score (nSPS) is 21.2. The minimum absolute atomic E-state index is 0.503. The molecule has 2 aromatic heterocycles. The van der Waals surface area contributed by atoms with Gasteiger partial charge in [0.25, 0.3) is 0 Å². The third-order valence-electron chi connectivity index (χ3n) is 5.89. The van der Waals surface area contributed by atoms with Gasteiger partial charge in [-0.3, -0.25) is 9.88 Å². The number of aliphatic hydroxyl groups excluding tert-OH is 1. The lowest BCUT2D eigenvalue weighted by Crippen LogP contribution is -2.30. The highest BCUT2D eigenvalue weighted by atomic mass is 16.3. The number of hydrogen-bond donors (Lipinski definition) is 2. The maximum atomic E-state index is 10.6. The minimum atomic E-state index is -0.503. The van der Waals surface area contributed by atoms with E-state index in [4.69, 9.17) is 0 Å². The van der Waals surface area contributed by atoms with Crippen LogP contribution in [0.1, 0.15) is 47.4 Å². The van der Waals surface area contributed by atoms with Crippen molar-refractivity contribution >= 4 is 10.9 Å². The van der Waals surface area contributed by atoms with Crippen LogP contribution in [0.25, 0.3) is 10.9 Å². The van der Waals surface area contributed by atoms with E-state index in [1.54, 1.807) is 12.4 Å². The second-order valence-corrected chi connectivity index (χ2v) is 7.30. The Morgan fingerprint density at radius 1 is 1.20 bits per heavy atom. The quantitative estimate of drug-likeness (QED) is 0.771. The van der Waals surface area contributed by atoms with Crippen LogP contribution in [0.5, 0.6) is 0 Å². The Labute approximate surface area is 147 Å². The molecule has 0 radical (unpaired) electrons. The smallest absolute Gasteiger partial charge is 0.0832 e. The molecular weight excluding hydrogens is 310 g/mol. The molecule has 2 atom stereocenters. The zero-order valence-corrected chi connectivity index (χ0v) is 14.3. The first-order valence-corrected chi connectivity index (χ1v) is 9.25. The summed E-state index contributed by atoms with van der Waals surface area (Å²) in [6.45, 7) is 2.40. The van der Waals surface area contributed by atoms with Gasteiger partial charge in [-0.25, -0.2) is 0 Å². The van der Waals surface area contributed by atoms with E-state index in [0.29, 0.717) is 12.5 Å². The van der Waals surface area contributed by atoms with Crippen molar-refractivity contribution in [3.05, 3.63) is 65.1 Å². The Bertz CT molecular complexity index is 902. The van der Waals surface area contributed by atoms with Gasteiger partial charge in [0, 0.05) is 54.4 Å². The molecule has 4 heteroatoms. The molecule has 25 heavy (non-hydrogen) atoms. The second-order valence-electron chi connectivity index (χ2n) is 7.30. The maximum Gasteiger partial charge on any atom is 0.0832 e. The number of benzene rings is 1. The summed E-state index contributed by atoms with van der Waals surface area (Å²) >= 11 is 0. The van der Waals surface area contributed by atoms with E-state index in [-0.39, 0.29) is 0 Å². The molecule has 3 aromatic rings. The van der Waals surface area contributed by atoms with Crippen molar-refractivity contribution in [3.63, 3.8) is 0 Å². The topological polar surface area (TPSA) is 52.1 Å². The molecule has 1 fully saturated rings. The zero-order valence-electron chi connectivity index (χ0n) is 14.3. The number of fused-ring (bicyclic) bond motifs is 5. The van der Waals surface area contributed by atoms with Crippen molar-refractivity contribution in [1.82, 2.24) is 14.9 Å². The van der Waals surface area contributed by atoms with Gasteiger partial charge >= 0.3 is 0 Å². The first-order chi connectivity index (χ1) is 12.3. The fraction of sp³-hybridized carbons (Fsp3) is 0.381. The molecule has 2 N–H and O–H groups in total. The molecular formula is C21H23N3O. The molecule has 0 spiro atoms. The Balaban J connectivity index is 1.55. The van der Waals surface area contributed by atoms with Gasteiger partial charge < -0.3 is 10.1 Å². The Hall–Kier alpha value is -2.17. The van der Waals surface area contributed by atoms with Crippen LogP contribution < -0.4 is 0 Å². The molecule has 2 aliphatic heterocycles. The largest absolute Gasteiger partial charge is 0.388 e. The van der Waals surface area contributed by atoms with E-state index >= 15 is 0 Å². The number of para-hydroxylation sites is 1. The van der Waals surface area contributed by atoms with Crippen molar-refractivity contribution in [2.75, 3.05) is 13.1 Å². The van der Waals surface area contributed by atoms with Crippen molar-refractivity contribution in [1.29, 1.82) is 0 Å². The average Bonchev–Trinajstić information content (AvgIpc) is 3.26. The van der Waals surface area contributed by atoms with Gasteiger partial charge in [-0.05, 0) is 48.2 Å². The molecule has 128 valence electrons. The number of nitrogens with zero attached hydrogens (tertiary/aromatic N) is 2. The van der Waals surface area contributed by atoms with E-state index in [1.165, 1.54) is 53.7 Å². The van der Waals surface area contributed by atoms with Crippen molar-refractivity contribution in [2.45, 2.75) is 37.8 Å². The number of aliphatic hydroxyl groups is 1. The second kappa shape index (κ2) is 5.97. The minimum Gasteiger partial charge on any atom is -0.388 e. The average molecular weight is 333 g/mol. The number of nitrogens with one attached hydrogen (secondary N) is 1. The van der Waals surface area contributed by atoms with Gasteiger partial charge in [0.1, 0.15) is 0 Å². The Kier molecular flexibility index (Phi) is 3.61. The van der Waals surface area contributed by atoms with E-state index in [2.05, 4.69) is 33.1 Å². The third-order valence-corrected chi connectivity index (χ3v) is 5.89. The monoisotopic (exact) mass is 333 g/mol. The Morgan fingerprint density at radius 3 is 2.96 bits per heavy atom. The third kappa shape index (κ3) is 2.48. The SMILES string of the molecule is OC(Cc1cccc2c3c([nH]c12)CCN1CCCC31)c1ccncc1. The maximum absolute atomic E-state index is 10.6. The summed E-state index contributed by atoms with van der Waals surface area (Å²) < 4.78 is 0. The van der Waals surface area contributed by atoms with Crippen molar-refractivity contribution in [2.24, 2.45) is 0 Å². The highest BCUT2D eigenvalue weighted by Gasteiger charge is 2.33. The fourth-order valence-corrected chi connectivity index (χ4v) is 4.69. The lowest BCUT2D eigenvalue weighted by atomic mass is 9.94. The molecule has 4 heterocycles. The van der Waals surface area contributed by atoms with Crippen molar-refractivity contribution < 1.29 is 5.11 Å². The van der Waals surface area contributed by atoms with E-state index in [9.17, 15) is 5.11 Å². The standard InChI is InChI=1S/C21H23N3O/c25-19(14-6-9-22-10-7-14)13-15-3-1-4-16-20-17(23-21(15)16)8-12-24-11-2-5-18(20)24/h1,3-4,6-7,9-10,18-19,23,25H,2,5,8,11-13H2. The molecule has 5 rings (SSSR count). The van der Waals surface area contributed by atoms with Crippen LogP contribution in [0.15, 0.2) is 42.7 Å². The van der Waals surface area contributed by atoms with E-state index in [0.717, 1.165) is 12.0 Å². The first kappa shape index (κ1) is 15.1. The van der Waals surface area contributed by atoms with Crippen molar-refractivity contribution in [3.8, 4) is 0 Å². The summed E-state index contributed by atoms with van der Waals surface area (Å²) in [5.41, 5.74) is 6.25. The van der Waals surface area contributed by atoms with Gasteiger partial charge in [-0.1, -0.05) is 18.2 Å². The molecule has 0 bridgehead atoms. The summed E-state index contributed by atoms with van der Waals surface area (Å²) in [5, 5.41) is 12.0. The highest BCUT2D eigenvalue weighted by molar-refractivity contribution is 5.88. The number of H-pyrrole nitrogens is 1. The van der Waals surface area contributed by atoms with Gasteiger partial charge in [-0.15, -0.1) is 0 Å². The summed E-state index contributed by atoms with van der Waals surface area (Å²) in [5.74, 6) is 0.